The Morgan fingerprint density at radius 3 is 2.48 bits per heavy atom. The number of aromatic amines is 1. The minimum Gasteiger partial charge on any atom is -0.272 e. The maximum atomic E-state index is 12.2. The van der Waals surface area contributed by atoms with Crippen LogP contribution in [0.4, 0.5) is 0 Å². The summed E-state index contributed by atoms with van der Waals surface area (Å²) >= 11 is 5.86. The van der Waals surface area contributed by atoms with Crippen LogP contribution in [-0.2, 0) is 0 Å². The van der Waals surface area contributed by atoms with E-state index in [1.807, 2.05) is 50.2 Å². The number of hydrazone groups is 1. The van der Waals surface area contributed by atoms with Crippen LogP contribution in [-0.4, -0.2) is 21.8 Å². The van der Waals surface area contributed by atoms with Gasteiger partial charge in [0.15, 0.2) is 0 Å². The van der Waals surface area contributed by atoms with E-state index in [9.17, 15) is 4.79 Å². The summed E-state index contributed by atoms with van der Waals surface area (Å²) in [5.41, 5.74) is 7.28. The molecule has 0 aliphatic heterocycles. The highest BCUT2D eigenvalue weighted by atomic mass is 35.5. The molecule has 0 radical (unpaired) electrons. The van der Waals surface area contributed by atoms with Crippen molar-refractivity contribution in [1.29, 1.82) is 0 Å². The summed E-state index contributed by atoms with van der Waals surface area (Å²) in [4.78, 5) is 12.2. The Bertz CT molecular complexity index is 911. The third-order valence-corrected chi connectivity index (χ3v) is 4.01. The van der Waals surface area contributed by atoms with E-state index in [0.29, 0.717) is 22.1 Å². The predicted octanol–water partition coefficient (Wildman–Crippen LogP) is 4.19. The SMILES string of the molecule is C/C(=N\NC(=O)c1cc(-c2ccc(C)cc2)n[nH]1)c1ccc(Cl)cc1. The molecule has 1 amide bonds. The molecule has 0 spiro atoms. The molecule has 2 aromatic carbocycles. The summed E-state index contributed by atoms with van der Waals surface area (Å²) in [6, 6.07) is 16.9. The van der Waals surface area contributed by atoms with E-state index in [4.69, 9.17) is 11.6 Å². The van der Waals surface area contributed by atoms with Crippen LogP contribution in [0.1, 0.15) is 28.5 Å². The molecule has 0 saturated carbocycles. The Kier molecular flexibility index (Phi) is 4.95. The topological polar surface area (TPSA) is 70.1 Å². The van der Waals surface area contributed by atoms with E-state index < -0.39 is 0 Å². The lowest BCUT2D eigenvalue weighted by Crippen LogP contribution is -2.19. The van der Waals surface area contributed by atoms with Gasteiger partial charge in [0.1, 0.15) is 5.69 Å². The second kappa shape index (κ2) is 7.32. The quantitative estimate of drug-likeness (QED) is 0.546. The molecule has 3 aromatic rings. The first-order chi connectivity index (χ1) is 12.0. The molecule has 0 unspecified atom stereocenters. The number of carbonyl (C=O) groups is 1. The van der Waals surface area contributed by atoms with Crippen molar-refractivity contribution in [2.75, 3.05) is 0 Å². The average molecular weight is 353 g/mol. The fraction of sp³-hybridized carbons (Fsp3) is 0.105. The Morgan fingerprint density at radius 2 is 1.80 bits per heavy atom. The molecule has 5 nitrogen and oxygen atoms in total. The summed E-state index contributed by atoms with van der Waals surface area (Å²) < 4.78 is 0. The third kappa shape index (κ3) is 4.14. The zero-order valence-corrected chi connectivity index (χ0v) is 14.6. The van der Waals surface area contributed by atoms with Gasteiger partial charge in [0.05, 0.1) is 11.4 Å². The standard InChI is InChI=1S/C19H17ClN4O/c1-12-3-5-15(6-4-12)17-11-18(23-22-17)19(25)24-21-13(2)14-7-9-16(20)10-8-14/h3-11H,1-2H3,(H,22,23)(H,24,25)/b21-13+. The summed E-state index contributed by atoms with van der Waals surface area (Å²) in [7, 11) is 0. The zero-order valence-electron chi connectivity index (χ0n) is 13.9. The Balaban J connectivity index is 1.70. The maximum Gasteiger partial charge on any atom is 0.289 e. The van der Waals surface area contributed by atoms with Crippen LogP contribution in [0.5, 0.6) is 0 Å². The van der Waals surface area contributed by atoms with Gasteiger partial charge in [-0.05, 0) is 37.6 Å². The van der Waals surface area contributed by atoms with Crippen molar-refractivity contribution in [2.45, 2.75) is 13.8 Å². The van der Waals surface area contributed by atoms with Crippen LogP contribution in [0.25, 0.3) is 11.3 Å². The number of nitrogens with zero attached hydrogens (tertiary/aromatic N) is 2. The normalized spacial score (nSPS) is 11.4. The van der Waals surface area contributed by atoms with E-state index in [2.05, 4.69) is 20.7 Å². The van der Waals surface area contributed by atoms with E-state index >= 15 is 0 Å². The Labute approximate surface area is 150 Å². The fourth-order valence-corrected chi connectivity index (χ4v) is 2.39. The van der Waals surface area contributed by atoms with E-state index in [1.165, 1.54) is 5.56 Å². The van der Waals surface area contributed by atoms with Crippen molar-refractivity contribution in [3.63, 3.8) is 0 Å². The molecular formula is C19H17ClN4O. The third-order valence-electron chi connectivity index (χ3n) is 3.76. The first kappa shape index (κ1) is 16.9. The summed E-state index contributed by atoms with van der Waals surface area (Å²) in [6.07, 6.45) is 0. The minimum absolute atomic E-state index is 0.348. The molecule has 0 bridgehead atoms. The molecule has 6 heteroatoms. The molecule has 0 aliphatic rings. The maximum absolute atomic E-state index is 12.2. The summed E-state index contributed by atoms with van der Waals surface area (Å²) in [6.45, 7) is 3.84. The van der Waals surface area contributed by atoms with Crippen molar-refractivity contribution in [1.82, 2.24) is 15.6 Å². The number of carbonyl (C=O) groups excluding carboxylic acids is 1. The molecule has 3 rings (SSSR count). The first-order valence-electron chi connectivity index (χ1n) is 7.76. The predicted molar refractivity (Wildman–Crippen MR) is 99.9 cm³/mol. The number of hydrogen-bond donors (Lipinski definition) is 2. The number of aryl methyl sites for hydroxylation is 1. The van der Waals surface area contributed by atoms with Crippen molar-refractivity contribution in [3.05, 3.63) is 76.4 Å². The second-order valence-electron chi connectivity index (χ2n) is 5.68. The van der Waals surface area contributed by atoms with Gasteiger partial charge in [0.2, 0.25) is 0 Å². The van der Waals surface area contributed by atoms with E-state index in [0.717, 1.165) is 11.1 Å². The molecule has 1 aromatic heterocycles. The number of halogens is 1. The molecule has 0 aliphatic carbocycles. The van der Waals surface area contributed by atoms with Gasteiger partial charge in [-0.25, -0.2) is 5.43 Å². The second-order valence-corrected chi connectivity index (χ2v) is 6.11. The van der Waals surface area contributed by atoms with Crippen LogP contribution >= 0.6 is 11.6 Å². The fourth-order valence-electron chi connectivity index (χ4n) is 2.26. The molecule has 1 heterocycles. The number of hydrogen-bond acceptors (Lipinski definition) is 3. The summed E-state index contributed by atoms with van der Waals surface area (Å²) in [5, 5.41) is 11.7. The largest absolute Gasteiger partial charge is 0.289 e. The average Bonchev–Trinajstić information content (AvgIpc) is 3.11. The van der Waals surface area contributed by atoms with E-state index in [1.54, 1.807) is 18.2 Å². The van der Waals surface area contributed by atoms with Gasteiger partial charge in [-0.1, -0.05) is 53.6 Å². The minimum atomic E-state index is -0.348. The molecular weight excluding hydrogens is 336 g/mol. The molecule has 0 fully saturated rings. The lowest BCUT2D eigenvalue weighted by molar-refractivity contribution is 0.0950. The smallest absolute Gasteiger partial charge is 0.272 e. The number of amides is 1. The lowest BCUT2D eigenvalue weighted by Gasteiger charge is -2.02. The van der Waals surface area contributed by atoms with Crippen molar-refractivity contribution in [2.24, 2.45) is 5.10 Å². The summed E-state index contributed by atoms with van der Waals surface area (Å²) in [5.74, 6) is -0.348. The highest BCUT2D eigenvalue weighted by Gasteiger charge is 2.10. The van der Waals surface area contributed by atoms with Crippen LogP contribution in [0, 0.1) is 6.92 Å². The molecule has 126 valence electrons. The van der Waals surface area contributed by atoms with Crippen LogP contribution in [0.15, 0.2) is 59.7 Å². The van der Waals surface area contributed by atoms with Gasteiger partial charge in [-0.2, -0.15) is 10.2 Å². The molecule has 2 N–H and O–H groups in total. The number of H-pyrrole nitrogens is 1. The Hall–Kier alpha value is -2.92. The van der Waals surface area contributed by atoms with E-state index in [-0.39, 0.29) is 5.91 Å². The zero-order chi connectivity index (χ0) is 17.8. The van der Waals surface area contributed by atoms with Crippen LogP contribution in [0.2, 0.25) is 5.02 Å². The van der Waals surface area contributed by atoms with Gasteiger partial charge in [-0.3, -0.25) is 9.89 Å². The lowest BCUT2D eigenvalue weighted by atomic mass is 10.1. The highest BCUT2D eigenvalue weighted by Crippen LogP contribution is 2.18. The Morgan fingerprint density at radius 1 is 1.12 bits per heavy atom. The van der Waals surface area contributed by atoms with Gasteiger partial charge in [0, 0.05) is 10.6 Å². The highest BCUT2D eigenvalue weighted by molar-refractivity contribution is 6.30. The number of rotatable bonds is 4. The van der Waals surface area contributed by atoms with Gasteiger partial charge in [0.25, 0.3) is 5.91 Å². The first-order valence-corrected chi connectivity index (χ1v) is 8.14. The number of benzene rings is 2. The monoisotopic (exact) mass is 352 g/mol. The molecule has 0 atom stereocenters. The van der Waals surface area contributed by atoms with Gasteiger partial charge >= 0.3 is 0 Å². The number of nitrogens with one attached hydrogen (secondary N) is 2. The molecule has 0 saturated heterocycles. The van der Waals surface area contributed by atoms with Crippen LogP contribution in [0.3, 0.4) is 0 Å². The number of aromatic nitrogens is 2. The molecule has 25 heavy (non-hydrogen) atoms. The van der Waals surface area contributed by atoms with Crippen molar-refractivity contribution >= 4 is 23.2 Å². The van der Waals surface area contributed by atoms with Crippen molar-refractivity contribution < 1.29 is 4.79 Å². The van der Waals surface area contributed by atoms with Gasteiger partial charge < -0.3 is 0 Å². The van der Waals surface area contributed by atoms with Crippen molar-refractivity contribution in [3.8, 4) is 11.3 Å². The van der Waals surface area contributed by atoms with Crippen LogP contribution < -0.4 is 5.43 Å². The van der Waals surface area contributed by atoms with Gasteiger partial charge in [-0.15, -0.1) is 0 Å².